The Hall–Kier alpha value is -5.79. The van der Waals surface area contributed by atoms with Gasteiger partial charge in [0.2, 0.25) is 0 Å². The van der Waals surface area contributed by atoms with Gasteiger partial charge in [-0.1, -0.05) is 152 Å². The maximum atomic E-state index is 5.34. The summed E-state index contributed by atoms with van der Waals surface area (Å²) in [5, 5.41) is 12.3. The summed E-state index contributed by atoms with van der Waals surface area (Å²) in [4.78, 5) is 5.34. The monoisotopic (exact) mass is 557 g/mol. The zero-order valence-electron chi connectivity index (χ0n) is 24.0. The molecule has 0 aliphatic carbocycles. The lowest BCUT2D eigenvalue weighted by Gasteiger charge is -2.19. The number of nitrogens with zero attached hydrogens (tertiary/aromatic N) is 1. The maximum Gasteiger partial charge on any atom is 0.0793 e. The highest BCUT2D eigenvalue weighted by atomic mass is 14.7. The van der Waals surface area contributed by atoms with Gasteiger partial charge in [-0.05, 0) is 65.8 Å². The van der Waals surface area contributed by atoms with Crippen molar-refractivity contribution in [1.29, 1.82) is 0 Å². The summed E-state index contributed by atoms with van der Waals surface area (Å²) in [7, 11) is 0. The molecule has 9 rings (SSSR count). The third kappa shape index (κ3) is 3.76. The molecule has 0 N–H and O–H groups in total. The van der Waals surface area contributed by atoms with E-state index in [-0.39, 0.29) is 0 Å². The lowest BCUT2D eigenvalue weighted by molar-refractivity contribution is 1.37. The summed E-state index contributed by atoms with van der Waals surface area (Å²) in [6.07, 6.45) is 2.10. The Balaban J connectivity index is 1.43. The van der Waals surface area contributed by atoms with Crippen LogP contribution in [0.3, 0.4) is 0 Å². The first kappa shape index (κ1) is 24.8. The van der Waals surface area contributed by atoms with E-state index in [1.165, 1.54) is 70.7 Å². The molecule has 0 saturated heterocycles. The number of rotatable bonds is 3. The second kappa shape index (κ2) is 9.90. The zero-order valence-corrected chi connectivity index (χ0v) is 24.0. The molecule has 0 fully saturated rings. The minimum Gasteiger partial charge on any atom is -0.255 e. The van der Waals surface area contributed by atoms with Crippen molar-refractivity contribution < 1.29 is 0 Å². The van der Waals surface area contributed by atoms with Crippen LogP contribution in [0.5, 0.6) is 0 Å². The van der Waals surface area contributed by atoms with Gasteiger partial charge in [-0.2, -0.15) is 0 Å². The number of hydrogen-bond acceptors (Lipinski definition) is 1. The molecule has 0 unspecified atom stereocenters. The van der Waals surface area contributed by atoms with Crippen LogP contribution < -0.4 is 0 Å². The van der Waals surface area contributed by atoms with Crippen molar-refractivity contribution in [3.63, 3.8) is 0 Å². The highest BCUT2D eigenvalue weighted by Crippen LogP contribution is 2.46. The predicted octanol–water partition coefficient (Wildman–Crippen LogP) is 11.8. The molecule has 44 heavy (non-hydrogen) atoms. The Labute approximate surface area is 255 Å². The van der Waals surface area contributed by atoms with Gasteiger partial charge < -0.3 is 0 Å². The fourth-order valence-electron chi connectivity index (χ4n) is 7.10. The molecular formula is C43H27N. The predicted molar refractivity (Wildman–Crippen MR) is 188 cm³/mol. The van der Waals surface area contributed by atoms with Crippen LogP contribution in [0.2, 0.25) is 0 Å². The van der Waals surface area contributed by atoms with Crippen LogP contribution in [0.15, 0.2) is 164 Å². The smallest absolute Gasteiger partial charge is 0.0793 e. The highest BCUT2D eigenvalue weighted by molar-refractivity contribution is 6.25. The molecular weight excluding hydrogens is 530 g/mol. The van der Waals surface area contributed by atoms with E-state index in [0.29, 0.717) is 0 Å². The molecule has 0 bridgehead atoms. The third-order valence-electron chi connectivity index (χ3n) is 9.07. The summed E-state index contributed by atoms with van der Waals surface area (Å²) in [6, 6.07) is 57.0. The van der Waals surface area contributed by atoms with Crippen molar-refractivity contribution in [3.8, 4) is 33.5 Å². The van der Waals surface area contributed by atoms with E-state index in [9.17, 15) is 0 Å². The third-order valence-corrected chi connectivity index (χ3v) is 9.07. The van der Waals surface area contributed by atoms with E-state index in [1.54, 1.807) is 0 Å². The quantitative estimate of drug-likeness (QED) is 0.155. The first-order valence-corrected chi connectivity index (χ1v) is 15.1. The standard InChI is InChI=1S/C43H27N/c1-2-14-30(15-3-1)40-34-18-8-10-20-36(34)42(37-21-11-9-19-35(37)40)43-38-25-24-29-13-6-7-17-33(29)41(38)39(27-44-43)32-23-22-28-12-4-5-16-31(28)26-32/h1-27H. The second-order valence-corrected chi connectivity index (χ2v) is 11.5. The lowest BCUT2D eigenvalue weighted by atomic mass is 9.85. The summed E-state index contributed by atoms with van der Waals surface area (Å²) >= 11 is 0. The van der Waals surface area contributed by atoms with Crippen molar-refractivity contribution in [2.45, 2.75) is 0 Å². The first-order valence-electron chi connectivity index (χ1n) is 15.1. The van der Waals surface area contributed by atoms with E-state index >= 15 is 0 Å². The van der Waals surface area contributed by atoms with Crippen LogP contribution in [0.25, 0.3) is 87.4 Å². The van der Waals surface area contributed by atoms with Gasteiger partial charge in [0.25, 0.3) is 0 Å². The fraction of sp³-hybridized carbons (Fsp3) is 0. The average molecular weight is 558 g/mol. The molecule has 8 aromatic carbocycles. The molecule has 1 aromatic heterocycles. The number of benzene rings is 8. The van der Waals surface area contributed by atoms with E-state index in [2.05, 4.69) is 164 Å². The van der Waals surface area contributed by atoms with Gasteiger partial charge in [-0.15, -0.1) is 0 Å². The number of pyridine rings is 1. The summed E-state index contributed by atoms with van der Waals surface area (Å²) in [6.45, 7) is 0. The molecule has 1 nitrogen and oxygen atoms in total. The molecule has 0 amide bonds. The van der Waals surface area contributed by atoms with Crippen molar-refractivity contribution in [2.75, 3.05) is 0 Å². The lowest BCUT2D eigenvalue weighted by Crippen LogP contribution is -1.95. The Morgan fingerprint density at radius 2 is 0.886 bits per heavy atom. The van der Waals surface area contributed by atoms with Gasteiger partial charge in [0.1, 0.15) is 0 Å². The molecule has 0 radical (unpaired) electrons. The van der Waals surface area contributed by atoms with Crippen LogP contribution >= 0.6 is 0 Å². The highest BCUT2D eigenvalue weighted by Gasteiger charge is 2.20. The molecule has 0 aliphatic rings. The minimum atomic E-state index is 1.02. The molecule has 0 atom stereocenters. The second-order valence-electron chi connectivity index (χ2n) is 11.5. The first-order chi connectivity index (χ1) is 21.8. The summed E-state index contributed by atoms with van der Waals surface area (Å²) in [5.41, 5.74) is 7.02. The largest absolute Gasteiger partial charge is 0.255 e. The SMILES string of the molecule is c1ccc(-c2c3ccccc3c(-c3ncc(-c4ccc5ccccc5c4)c4c3ccc3ccccc34)c3ccccc23)cc1. The number of hydrogen-bond donors (Lipinski definition) is 0. The molecule has 9 aromatic rings. The summed E-state index contributed by atoms with van der Waals surface area (Å²) < 4.78 is 0. The molecule has 0 spiro atoms. The van der Waals surface area contributed by atoms with Gasteiger partial charge in [-0.25, -0.2) is 0 Å². The van der Waals surface area contributed by atoms with E-state index in [1.807, 2.05) is 0 Å². The van der Waals surface area contributed by atoms with Gasteiger partial charge in [0, 0.05) is 28.1 Å². The van der Waals surface area contributed by atoms with E-state index in [0.717, 1.165) is 16.6 Å². The number of aromatic nitrogens is 1. The van der Waals surface area contributed by atoms with Crippen molar-refractivity contribution in [2.24, 2.45) is 0 Å². The van der Waals surface area contributed by atoms with Crippen LogP contribution in [0.1, 0.15) is 0 Å². The molecule has 1 heterocycles. The zero-order chi connectivity index (χ0) is 29.0. The van der Waals surface area contributed by atoms with Gasteiger partial charge in [0.15, 0.2) is 0 Å². The van der Waals surface area contributed by atoms with Gasteiger partial charge >= 0.3 is 0 Å². The minimum absolute atomic E-state index is 1.02. The van der Waals surface area contributed by atoms with Crippen LogP contribution in [-0.4, -0.2) is 4.98 Å². The van der Waals surface area contributed by atoms with Gasteiger partial charge in [0.05, 0.1) is 5.69 Å². The van der Waals surface area contributed by atoms with E-state index in [4.69, 9.17) is 4.98 Å². The van der Waals surface area contributed by atoms with Crippen molar-refractivity contribution in [1.82, 2.24) is 4.98 Å². The Morgan fingerprint density at radius 3 is 1.59 bits per heavy atom. The van der Waals surface area contributed by atoms with Crippen LogP contribution in [0, 0.1) is 0 Å². The Morgan fingerprint density at radius 1 is 0.341 bits per heavy atom. The van der Waals surface area contributed by atoms with Crippen molar-refractivity contribution in [3.05, 3.63) is 164 Å². The molecule has 204 valence electrons. The van der Waals surface area contributed by atoms with E-state index < -0.39 is 0 Å². The molecule has 1 heteroatoms. The molecule has 0 saturated carbocycles. The average Bonchev–Trinajstić information content (AvgIpc) is 3.10. The number of fused-ring (bicyclic) bond motifs is 6. The Bertz CT molecular complexity index is 2490. The maximum absolute atomic E-state index is 5.34. The normalized spacial score (nSPS) is 11.6. The summed E-state index contributed by atoms with van der Waals surface area (Å²) in [5.74, 6) is 0. The van der Waals surface area contributed by atoms with Crippen LogP contribution in [0.4, 0.5) is 0 Å². The van der Waals surface area contributed by atoms with Crippen LogP contribution in [-0.2, 0) is 0 Å². The Kier molecular flexibility index (Phi) is 5.57. The molecule has 0 aliphatic heterocycles. The fourth-order valence-corrected chi connectivity index (χ4v) is 7.10. The van der Waals surface area contributed by atoms with Gasteiger partial charge in [-0.3, -0.25) is 4.98 Å². The van der Waals surface area contributed by atoms with Crippen molar-refractivity contribution >= 4 is 53.9 Å². The topological polar surface area (TPSA) is 12.9 Å².